The van der Waals surface area contributed by atoms with Crippen LogP contribution in [0.4, 0.5) is 0 Å². The Bertz CT molecular complexity index is 143. The normalized spacial score (nSPS) is 26.4. The highest BCUT2D eigenvalue weighted by Gasteiger charge is 2.15. The number of ether oxygens (including phenoxy) is 1. The third-order valence-corrected chi connectivity index (χ3v) is 3.45. The minimum Gasteiger partial charge on any atom is -0.378 e. The summed E-state index contributed by atoms with van der Waals surface area (Å²) in [4.78, 5) is 0. The molecule has 1 aliphatic heterocycles. The molecule has 1 aliphatic rings. The van der Waals surface area contributed by atoms with Crippen LogP contribution in [-0.4, -0.2) is 25.3 Å². The van der Waals surface area contributed by atoms with Crippen LogP contribution in [0.25, 0.3) is 0 Å². The van der Waals surface area contributed by atoms with Gasteiger partial charge in [-0.2, -0.15) is 0 Å². The third-order valence-electron chi connectivity index (χ3n) is 3.45. The van der Waals surface area contributed by atoms with Gasteiger partial charge in [0, 0.05) is 12.6 Å². The maximum Gasteiger partial charge on any atom is 0.0588 e. The molecule has 1 N–H and O–H groups in total. The first kappa shape index (κ1) is 12.0. The van der Waals surface area contributed by atoms with E-state index in [-0.39, 0.29) is 0 Å². The molecule has 0 radical (unpaired) electrons. The number of nitrogens with one attached hydrogen (secondary N) is 1. The summed E-state index contributed by atoms with van der Waals surface area (Å²) < 4.78 is 5.58. The van der Waals surface area contributed by atoms with Crippen molar-refractivity contribution in [3.05, 3.63) is 0 Å². The van der Waals surface area contributed by atoms with E-state index in [1.807, 2.05) is 0 Å². The van der Waals surface area contributed by atoms with Gasteiger partial charge in [-0.25, -0.2) is 0 Å². The van der Waals surface area contributed by atoms with Crippen LogP contribution in [0, 0.1) is 5.92 Å². The van der Waals surface area contributed by atoms with Crippen molar-refractivity contribution in [2.75, 3.05) is 13.2 Å². The molecule has 0 aromatic carbocycles. The highest BCUT2D eigenvalue weighted by Crippen LogP contribution is 2.15. The summed E-state index contributed by atoms with van der Waals surface area (Å²) in [5, 5.41) is 3.58. The molecule has 14 heavy (non-hydrogen) atoms. The van der Waals surface area contributed by atoms with Crippen LogP contribution in [0.1, 0.15) is 46.5 Å². The Morgan fingerprint density at radius 3 is 2.79 bits per heavy atom. The van der Waals surface area contributed by atoms with Crippen LogP contribution in [0.5, 0.6) is 0 Å². The predicted molar refractivity (Wildman–Crippen MR) is 60.5 cm³/mol. The quantitative estimate of drug-likeness (QED) is 0.710. The van der Waals surface area contributed by atoms with Crippen molar-refractivity contribution in [1.82, 2.24) is 5.32 Å². The van der Waals surface area contributed by atoms with E-state index in [1.54, 1.807) is 0 Å². The molecule has 1 rings (SSSR count). The second-order valence-corrected chi connectivity index (χ2v) is 4.55. The van der Waals surface area contributed by atoms with Crippen LogP contribution in [0.2, 0.25) is 0 Å². The summed E-state index contributed by atoms with van der Waals surface area (Å²) in [7, 11) is 0. The lowest BCUT2D eigenvalue weighted by Crippen LogP contribution is -2.33. The van der Waals surface area contributed by atoms with E-state index in [0.717, 1.165) is 19.1 Å². The first-order valence-electron chi connectivity index (χ1n) is 6.09. The summed E-state index contributed by atoms with van der Waals surface area (Å²) in [6.07, 6.45) is 5.49. The maximum atomic E-state index is 5.58. The van der Waals surface area contributed by atoms with Crippen LogP contribution in [0.3, 0.4) is 0 Å². The van der Waals surface area contributed by atoms with Gasteiger partial charge < -0.3 is 10.1 Å². The van der Waals surface area contributed by atoms with E-state index >= 15 is 0 Å². The van der Waals surface area contributed by atoms with Gasteiger partial charge in [0.25, 0.3) is 0 Å². The Kier molecular flexibility index (Phi) is 5.49. The van der Waals surface area contributed by atoms with E-state index in [0.29, 0.717) is 12.1 Å². The van der Waals surface area contributed by atoms with Gasteiger partial charge in [-0.1, -0.05) is 20.3 Å². The molecule has 2 heteroatoms. The van der Waals surface area contributed by atoms with Gasteiger partial charge in [-0.3, -0.25) is 0 Å². The van der Waals surface area contributed by atoms with Gasteiger partial charge in [-0.05, 0) is 38.6 Å². The second kappa shape index (κ2) is 6.41. The minimum atomic E-state index is 0.534. The fourth-order valence-electron chi connectivity index (χ4n) is 1.90. The highest BCUT2D eigenvalue weighted by atomic mass is 16.5. The van der Waals surface area contributed by atoms with Gasteiger partial charge in [0.1, 0.15) is 0 Å². The van der Waals surface area contributed by atoms with Crippen molar-refractivity contribution in [3.8, 4) is 0 Å². The molecular formula is C12H25NO. The van der Waals surface area contributed by atoms with E-state index < -0.39 is 0 Å². The molecule has 1 fully saturated rings. The van der Waals surface area contributed by atoms with Crippen LogP contribution in [0.15, 0.2) is 0 Å². The minimum absolute atomic E-state index is 0.534. The molecule has 0 saturated carbocycles. The van der Waals surface area contributed by atoms with Gasteiger partial charge in [0.05, 0.1) is 6.10 Å². The van der Waals surface area contributed by atoms with Crippen LogP contribution < -0.4 is 5.32 Å². The first-order chi connectivity index (χ1) is 6.74. The molecule has 0 aliphatic carbocycles. The van der Waals surface area contributed by atoms with Crippen molar-refractivity contribution < 1.29 is 4.74 Å². The zero-order valence-electron chi connectivity index (χ0n) is 9.88. The van der Waals surface area contributed by atoms with E-state index in [2.05, 4.69) is 26.1 Å². The third kappa shape index (κ3) is 3.97. The maximum absolute atomic E-state index is 5.58. The number of hydrogen-bond acceptors (Lipinski definition) is 2. The molecule has 0 bridgehead atoms. The average molecular weight is 199 g/mol. The van der Waals surface area contributed by atoms with Gasteiger partial charge in [0.2, 0.25) is 0 Å². The molecule has 1 heterocycles. The topological polar surface area (TPSA) is 21.3 Å². The molecule has 2 nitrogen and oxygen atoms in total. The highest BCUT2D eigenvalue weighted by molar-refractivity contribution is 4.70. The molecular weight excluding hydrogens is 174 g/mol. The summed E-state index contributed by atoms with van der Waals surface area (Å²) >= 11 is 0. The lowest BCUT2D eigenvalue weighted by Gasteiger charge is -2.20. The fraction of sp³-hybridized carbons (Fsp3) is 1.00. The monoisotopic (exact) mass is 199 g/mol. The van der Waals surface area contributed by atoms with Crippen LogP contribution in [-0.2, 0) is 4.74 Å². The van der Waals surface area contributed by atoms with Gasteiger partial charge in [0.15, 0.2) is 0 Å². The molecule has 84 valence electrons. The van der Waals surface area contributed by atoms with Crippen molar-refractivity contribution >= 4 is 0 Å². The SMILES string of the molecule is CCC(C)C(C)NCCC1CCCO1. The lowest BCUT2D eigenvalue weighted by atomic mass is 10.0. The van der Waals surface area contributed by atoms with Crippen molar-refractivity contribution in [2.45, 2.75) is 58.6 Å². The summed E-state index contributed by atoms with van der Waals surface area (Å²) in [5.41, 5.74) is 0. The molecule has 1 saturated heterocycles. The number of hydrogen-bond donors (Lipinski definition) is 1. The van der Waals surface area contributed by atoms with Gasteiger partial charge >= 0.3 is 0 Å². The average Bonchev–Trinajstić information content (AvgIpc) is 2.69. The van der Waals surface area contributed by atoms with Crippen molar-refractivity contribution in [3.63, 3.8) is 0 Å². The molecule has 3 unspecified atom stereocenters. The molecule has 0 aromatic heterocycles. The van der Waals surface area contributed by atoms with Crippen molar-refractivity contribution in [1.29, 1.82) is 0 Å². The Morgan fingerprint density at radius 1 is 1.43 bits per heavy atom. The lowest BCUT2D eigenvalue weighted by molar-refractivity contribution is 0.103. The zero-order valence-corrected chi connectivity index (χ0v) is 9.88. The van der Waals surface area contributed by atoms with Gasteiger partial charge in [-0.15, -0.1) is 0 Å². The molecule has 0 spiro atoms. The molecule has 0 aromatic rings. The first-order valence-corrected chi connectivity index (χ1v) is 6.09. The van der Waals surface area contributed by atoms with Crippen LogP contribution >= 0.6 is 0 Å². The summed E-state index contributed by atoms with van der Waals surface area (Å²) in [6.45, 7) is 8.93. The van der Waals surface area contributed by atoms with Crippen molar-refractivity contribution in [2.24, 2.45) is 5.92 Å². The second-order valence-electron chi connectivity index (χ2n) is 4.55. The zero-order chi connectivity index (χ0) is 10.4. The molecule has 0 amide bonds. The standard InChI is InChI=1S/C12H25NO/c1-4-10(2)11(3)13-8-7-12-6-5-9-14-12/h10-13H,4-9H2,1-3H3. The van der Waals surface area contributed by atoms with E-state index in [9.17, 15) is 0 Å². The van der Waals surface area contributed by atoms with E-state index in [4.69, 9.17) is 4.74 Å². The fourth-order valence-corrected chi connectivity index (χ4v) is 1.90. The number of rotatable bonds is 6. The summed E-state index contributed by atoms with van der Waals surface area (Å²) in [6, 6.07) is 0.640. The molecule has 3 atom stereocenters. The Balaban J connectivity index is 2.02. The predicted octanol–water partition coefficient (Wildman–Crippen LogP) is 2.58. The largest absolute Gasteiger partial charge is 0.378 e. The summed E-state index contributed by atoms with van der Waals surface area (Å²) in [5.74, 6) is 0.777. The Labute approximate surface area is 88.4 Å². The Morgan fingerprint density at radius 2 is 2.21 bits per heavy atom. The van der Waals surface area contributed by atoms with E-state index in [1.165, 1.54) is 25.7 Å². The Hall–Kier alpha value is -0.0800. The smallest absolute Gasteiger partial charge is 0.0588 e.